The summed E-state index contributed by atoms with van der Waals surface area (Å²) in [6.45, 7) is 1.65. The average molecular weight is 461 g/mol. The Morgan fingerprint density at radius 2 is 2.06 bits per heavy atom. The number of aromatic nitrogens is 4. The Bertz CT molecular complexity index is 1270. The second-order valence-electron chi connectivity index (χ2n) is 8.09. The van der Waals surface area contributed by atoms with E-state index in [1.54, 1.807) is 42.7 Å². The molecule has 0 aliphatic carbocycles. The van der Waals surface area contributed by atoms with Crippen molar-refractivity contribution in [2.45, 2.75) is 25.4 Å². The molecule has 4 aromatic rings. The Balaban J connectivity index is 1.38. The quantitative estimate of drug-likeness (QED) is 0.388. The molecule has 9 heteroatoms. The molecule has 1 aliphatic heterocycles. The molecule has 8 nitrogen and oxygen atoms in total. The Morgan fingerprint density at radius 1 is 1.18 bits per heavy atom. The predicted octanol–water partition coefficient (Wildman–Crippen LogP) is 3.69. The molecule has 5 rings (SSSR count). The third-order valence-corrected chi connectivity index (χ3v) is 5.61. The van der Waals surface area contributed by atoms with Gasteiger partial charge in [-0.2, -0.15) is 0 Å². The Hall–Kier alpha value is -3.85. The van der Waals surface area contributed by atoms with Gasteiger partial charge in [-0.25, -0.2) is 19.3 Å². The molecule has 0 unspecified atom stereocenters. The maximum Gasteiger partial charge on any atom is 0.251 e. The van der Waals surface area contributed by atoms with Crippen LogP contribution in [0.25, 0.3) is 22.3 Å². The van der Waals surface area contributed by atoms with E-state index in [1.807, 2.05) is 0 Å². The lowest BCUT2D eigenvalue weighted by Crippen LogP contribution is -2.24. The summed E-state index contributed by atoms with van der Waals surface area (Å²) in [5.41, 5.74) is 2.82. The topological polar surface area (TPSA) is 102 Å². The molecule has 2 aromatic carbocycles. The Morgan fingerprint density at radius 3 is 2.82 bits per heavy atom. The van der Waals surface area contributed by atoms with Crippen LogP contribution in [-0.2, 0) is 11.2 Å². The summed E-state index contributed by atoms with van der Waals surface area (Å²) in [5.74, 6) is 0.737. The molecule has 0 bridgehead atoms. The fourth-order valence-corrected chi connectivity index (χ4v) is 3.82. The molecule has 0 radical (unpaired) electrons. The number of aryl methyl sites for hydroxylation is 1. The molecular weight excluding hydrogens is 437 g/mol. The molecule has 1 aliphatic rings. The summed E-state index contributed by atoms with van der Waals surface area (Å²) in [6.07, 6.45) is 5.67. The number of rotatable bonds is 8. The summed E-state index contributed by atoms with van der Waals surface area (Å²) < 4.78 is 25.0. The van der Waals surface area contributed by atoms with Gasteiger partial charge in [0, 0.05) is 42.9 Å². The van der Waals surface area contributed by atoms with Crippen LogP contribution in [0.15, 0.2) is 54.9 Å². The highest BCUT2D eigenvalue weighted by molar-refractivity contribution is 5.97. The molecule has 174 valence electrons. The molecule has 34 heavy (non-hydrogen) atoms. The number of imidazole rings is 1. The van der Waals surface area contributed by atoms with Crippen molar-refractivity contribution in [1.29, 1.82) is 0 Å². The van der Waals surface area contributed by atoms with Gasteiger partial charge in [0.25, 0.3) is 5.91 Å². The van der Waals surface area contributed by atoms with E-state index in [4.69, 9.17) is 14.5 Å². The summed E-state index contributed by atoms with van der Waals surface area (Å²) in [6, 6.07) is 11.2. The van der Waals surface area contributed by atoms with E-state index in [0.717, 1.165) is 25.1 Å². The first kappa shape index (κ1) is 22.0. The number of carbonyl (C=O) groups is 1. The zero-order valence-electron chi connectivity index (χ0n) is 18.5. The number of hydrogen-bond donors (Lipinski definition) is 2. The first-order valence-electron chi connectivity index (χ1n) is 11.2. The normalized spacial score (nSPS) is 15.5. The van der Waals surface area contributed by atoms with E-state index in [1.165, 1.54) is 12.1 Å². The second kappa shape index (κ2) is 9.96. The lowest BCUT2D eigenvalue weighted by Gasteiger charge is -2.15. The number of ether oxygens (including phenoxy) is 2. The number of nitrogens with one attached hydrogen (secondary N) is 2. The first-order chi connectivity index (χ1) is 16.7. The number of fused-ring (bicyclic) bond motifs is 1. The number of H-pyrrole nitrogens is 1. The molecule has 3 heterocycles. The minimum absolute atomic E-state index is 0.114. The Labute approximate surface area is 195 Å². The first-order valence-corrected chi connectivity index (χ1v) is 11.2. The van der Waals surface area contributed by atoms with Crippen LogP contribution >= 0.6 is 0 Å². The minimum atomic E-state index is -0.338. The van der Waals surface area contributed by atoms with Crippen molar-refractivity contribution in [3.8, 4) is 17.1 Å². The number of nitrogens with zero attached hydrogens (tertiary/aromatic N) is 3. The van der Waals surface area contributed by atoms with Gasteiger partial charge in [0.05, 0.1) is 24.2 Å². The van der Waals surface area contributed by atoms with Gasteiger partial charge in [-0.05, 0) is 48.9 Å². The van der Waals surface area contributed by atoms with Crippen LogP contribution in [0, 0.1) is 5.82 Å². The summed E-state index contributed by atoms with van der Waals surface area (Å²) in [4.78, 5) is 29.3. The van der Waals surface area contributed by atoms with Gasteiger partial charge in [-0.15, -0.1) is 0 Å². The molecule has 1 fully saturated rings. The van der Waals surface area contributed by atoms with E-state index in [-0.39, 0.29) is 17.8 Å². The highest BCUT2D eigenvalue weighted by Crippen LogP contribution is 2.31. The van der Waals surface area contributed by atoms with E-state index in [2.05, 4.69) is 20.3 Å². The monoisotopic (exact) mass is 461 g/mol. The Kier molecular flexibility index (Phi) is 6.44. The van der Waals surface area contributed by atoms with Crippen LogP contribution in [0.1, 0.15) is 29.0 Å². The van der Waals surface area contributed by atoms with Crippen LogP contribution < -0.4 is 10.1 Å². The third kappa shape index (κ3) is 5.04. The number of aromatic amines is 1. The number of halogens is 1. The largest absolute Gasteiger partial charge is 0.470 e. The highest BCUT2D eigenvalue weighted by Gasteiger charge is 2.22. The fraction of sp³-hybridized carbons (Fsp3) is 0.280. The van der Waals surface area contributed by atoms with Gasteiger partial charge >= 0.3 is 0 Å². The van der Waals surface area contributed by atoms with Gasteiger partial charge in [0.2, 0.25) is 5.88 Å². The van der Waals surface area contributed by atoms with E-state index >= 15 is 0 Å². The predicted molar refractivity (Wildman–Crippen MR) is 124 cm³/mol. The van der Waals surface area contributed by atoms with E-state index in [9.17, 15) is 9.18 Å². The molecular formula is C25H24FN5O3. The van der Waals surface area contributed by atoms with Crippen molar-refractivity contribution in [2.24, 2.45) is 0 Å². The maximum absolute atomic E-state index is 13.5. The standard InChI is InChI=1S/C25H24FN5O3/c26-18-6-3-16(4-7-18)23-25(34-19-9-13-33-15-19)31-20-8-5-17(14-21(20)30-23)24(32)29-10-1-2-22-27-11-12-28-22/h3-8,11-12,14,19H,1-2,9-10,13,15H2,(H,27,28)(H,29,32)/t19-/m0/s1. The minimum Gasteiger partial charge on any atom is -0.470 e. The zero-order chi connectivity index (χ0) is 23.3. The number of amides is 1. The van der Waals surface area contributed by atoms with Crippen molar-refractivity contribution < 1.29 is 18.7 Å². The van der Waals surface area contributed by atoms with Crippen LogP contribution in [-0.4, -0.2) is 51.7 Å². The van der Waals surface area contributed by atoms with Crippen LogP contribution in [0.3, 0.4) is 0 Å². The number of benzene rings is 2. The highest BCUT2D eigenvalue weighted by atomic mass is 19.1. The smallest absolute Gasteiger partial charge is 0.251 e. The van der Waals surface area contributed by atoms with Crippen molar-refractivity contribution in [3.05, 3.63) is 72.1 Å². The van der Waals surface area contributed by atoms with Gasteiger partial charge in [-0.3, -0.25) is 4.79 Å². The molecule has 0 saturated carbocycles. The van der Waals surface area contributed by atoms with Gasteiger partial charge in [0.15, 0.2) is 0 Å². The molecule has 2 aromatic heterocycles. The van der Waals surface area contributed by atoms with Crippen molar-refractivity contribution >= 4 is 16.9 Å². The second-order valence-corrected chi connectivity index (χ2v) is 8.09. The molecule has 1 amide bonds. The summed E-state index contributed by atoms with van der Waals surface area (Å²) in [5, 5.41) is 2.93. The molecule has 1 saturated heterocycles. The third-order valence-electron chi connectivity index (χ3n) is 5.61. The zero-order valence-corrected chi connectivity index (χ0v) is 18.5. The van der Waals surface area contributed by atoms with Gasteiger partial charge in [-0.1, -0.05) is 0 Å². The van der Waals surface area contributed by atoms with Gasteiger partial charge in [0.1, 0.15) is 23.4 Å². The number of carbonyl (C=O) groups excluding carboxylic acids is 1. The SMILES string of the molecule is O=C(NCCCc1ncc[nH]1)c1ccc2nc(O[C@H]3CCOC3)c(-c3ccc(F)cc3)nc2c1. The van der Waals surface area contributed by atoms with E-state index in [0.29, 0.717) is 53.5 Å². The average Bonchev–Trinajstić information content (AvgIpc) is 3.56. The van der Waals surface area contributed by atoms with Gasteiger partial charge < -0.3 is 19.8 Å². The van der Waals surface area contributed by atoms with Crippen LogP contribution in [0.4, 0.5) is 4.39 Å². The molecule has 1 atom stereocenters. The van der Waals surface area contributed by atoms with E-state index < -0.39 is 0 Å². The van der Waals surface area contributed by atoms with Crippen molar-refractivity contribution in [3.63, 3.8) is 0 Å². The van der Waals surface area contributed by atoms with Crippen molar-refractivity contribution in [2.75, 3.05) is 19.8 Å². The van der Waals surface area contributed by atoms with Crippen molar-refractivity contribution in [1.82, 2.24) is 25.3 Å². The van der Waals surface area contributed by atoms with Crippen LogP contribution in [0.5, 0.6) is 5.88 Å². The maximum atomic E-state index is 13.5. The molecule has 0 spiro atoms. The summed E-state index contributed by atoms with van der Waals surface area (Å²) in [7, 11) is 0. The molecule has 2 N–H and O–H groups in total. The lowest BCUT2D eigenvalue weighted by molar-refractivity contribution is 0.0953. The summed E-state index contributed by atoms with van der Waals surface area (Å²) >= 11 is 0. The number of hydrogen-bond acceptors (Lipinski definition) is 6. The fourth-order valence-electron chi connectivity index (χ4n) is 3.82. The lowest BCUT2D eigenvalue weighted by atomic mass is 10.1. The van der Waals surface area contributed by atoms with Crippen LogP contribution in [0.2, 0.25) is 0 Å².